The molecule has 0 aliphatic heterocycles. The maximum atomic E-state index is 12.2. The lowest BCUT2D eigenvalue weighted by Gasteiger charge is -1.99. The van der Waals surface area contributed by atoms with Crippen molar-refractivity contribution in [3.8, 4) is 0 Å². The van der Waals surface area contributed by atoms with Crippen molar-refractivity contribution in [2.45, 2.75) is 13.8 Å². The molecule has 0 radical (unpaired) electrons. The summed E-state index contributed by atoms with van der Waals surface area (Å²) in [4.78, 5) is 31.6. The first-order chi connectivity index (χ1) is 9.56. The fraction of sp³-hybridized carbons (Fsp3) is 0.167. The van der Waals surface area contributed by atoms with Crippen molar-refractivity contribution in [2.24, 2.45) is 0 Å². The Morgan fingerprint density at radius 2 is 2.20 bits per heavy atom. The summed E-state index contributed by atoms with van der Waals surface area (Å²) in [6.07, 6.45) is 1.33. The molecule has 3 N–H and O–H groups in total. The van der Waals surface area contributed by atoms with Crippen molar-refractivity contribution < 1.29 is 4.79 Å². The number of thiophene rings is 1. The van der Waals surface area contributed by atoms with Gasteiger partial charge in [0.25, 0.3) is 11.5 Å². The summed E-state index contributed by atoms with van der Waals surface area (Å²) in [7, 11) is 0. The van der Waals surface area contributed by atoms with Crippen molar-refractivity contribution >= 4 is 33.3 Å². The molecule has 0 saturated heterocycles. The lowest BCUT2D eigenvalue weighted by Crippen LogP contribution is -2.12. The number of nitrogens with zero attached hydrogens (tertiary/aromatic N) is 2. The third kappa shape index (κ3) is 1.99. The smallest absolute Gasteiger partial charge is 0.267 e. The SMILES string of the molecule is Cc1cc(NC(=O)c2sc3nc[nH]c(=O)c3c2C)n[nH]1. The molecule has 0 atom stereocenters. The number of H-pyrrole nitrogens is 2. The number of rotatable bonds is 2. The van der Waals surface area contributed by atoms with Crippen LogP contribution in [0.15, 0.2) is 17.2 Å². The summed E-state index contributed by atoms with van der Waals surface area (Å²) in [5, 5.41) is 9.84. The van der Waals surface area contributed by atoms with Crippen LogP contribution in [0.25, 0.3) is 10.2 Å². The summed E-state index contributed by atoms with van der Waals surface area (Å²) in [6.45, 7) is 3.58. The zero-order chi connectivity index (χ0) is 14.3. The molecular formula is C12H11N5O2S. The predicted molar refractivity (Wildman–Crippen MR) is 76.3 cm³/mol. The number of aromatic amines is 2. The van der Waals surface area contributed by atoms with Gasteiger partial charge in [-0.15, -0.1) is 11.3 Å². The van der Waals surface area contributed by atoms with E-state index in [4.69, 9.17) is 0 Å². The quantitative estimate of drug-likeness (QED) is 0.666. The molecule has 1 amide bonds. The minimum atomic E-state index is -0.295. The first kappa shape index (κ1) is 12.5. The zero-order valence-electron chi connectivity index (χ0n) is 10.8. The van der Waals surface area contributed by atoms with E-state index in [1.54, 1.807) is 13.0 Å². The van der Waals surface area contributed by atoms with Gasteiger partial charge in [0.2, 0.25) is 0 Å². The van der Waals surface area contributed by atoms with E-state index in [0.717, 1.165) is 5.69 Å². The molecule has 0 saturated carbocycles. The van der Waals surface area contributed by atoms with Crippen molar-refractivity contribution in [3.05, 3.63) is 38.9 Å². The van der Waals surface area contributed by atoms with Crippen LogP contribution in [-0.4, -0.2) is 26.1 Å². The summed E-state index contributed by atoms with van der Waals surface area (Å²) in [5.74, 6) is 0.155. The van der Waals surface area contributed by atoms with Gasteiger partial charge in [0.1, 0.15) is 4.83 Å². The highest BCUT2D eigenvalue weighted by Gasteiger charge is 2.18. The van der Waals surface area contributed by atoms with Crippen LogP contribution >= 0.6 is 11.3 Å². The van der Waals surface area contributed by atoms with Crippen LogP contribution < -0.4 is 10.9 Å². The Morgan fingerprint density at radius 1 is 1.40 bits per heavy atom. The average molecular weight is 289 g/mol. The maximum absolute atomic E-state index is 12.2. The van der Waals surface area contributed by atoms with Crippen molar-refractivity contribution in [3.63, 3.8) is 0 Å². The van der Waals surface area contributed by atoms with Gasteiger partial charge in [0.15, 0.2) is 5.82 Å². The Bertz CT molecular complexity index is 860. The Labute approximate surface area is 117 Å². The standard InChI is InChI=1S/C12H11N5O2S/c1-5-3-7(17-16-5)15-11(19)9-6(2)8-10(18)13-4-14-12(8)20-9/h3-4H,1-2H3,(H,13,14,18)(H2,15,16,17,19). The molecule has 0 unspecified atom stereocenters. The van der Waals surface area contributed by atoms with Gasteiger partial charge < -0.3 is 10.3 Å². The van der Waals surface area contributed by atoms with Gasteiger partial charge in [0.05, 0.1) is 16.6 Å². The van der Waals surface area contributed by atoms with Gasteiger partial charge >= 0.3 is 0 Å². The van der Waals surface area contributed by atoms with E-state index in [1.165, 1.54) is 17.7 Å². The van der Waals surface area contributed by atoms with Crippen LogP contribution in [0.4, 0.5) is 5.82 Å². The van der Waals surface area contributed by atoms with Gasteiger partial charge in [-0.2, -0.15) is 5.10 Å². The number of carbonyl (C=O) groups excluding carboxylic acids is 1. The molecular weight excluding hydrogens is 278 g/mol. The van der Waals surface area contributed by atoms with Crippen LogP contribution in [0, 0.1) is 13.8 Å². The second kappa shape index (κ2) is 4.57. The third-order valence-corrected chi connectivity index (χ3v) is 4.09. The van der Waals surface area contributed by atoms with Gasteiger partial charge in [0, 0.05) is 11.8 Å². The number of aromatic nitrogens is 4. The monoisotopic (exact) mass is 289 g/mol. The molecule has 0 aliphatic carbocycles. The van der Waals surface area contributed by atoms with Crippen LogP contribution in [0.2, 0.25) is 0 Å². The van der Waals surface area contributed by atoms with E-state index in [1.807, 2.05) is 6.92 Å². The molecule has 0 aromatic carbocycles. The lowest BCUT2D eigenvalue weighted by molar-refractivity contribution is 0.102. The molecule has 0 bridgehead atoms. The Hall–Kier alpha value is -2.48. The van der Waals surface area contributed by atoms with E-state index in [0.29, 0.717) is 26.5 Å². The van der Waals surface area contributed by atoms with E-state index < -0.39 is 0 Å². The van der Waals surface area contributed by atoms with Crippen LogP contribution in [-0.2, 0) is 0 Å². The summed E-state index contributed by atoms with van der Waals surface area (Å²) >= 11 is 1.19. The number of hydrogen-bond donors (Lipinski definition) is 3. The topological polar surface area (TPSA) is 104 Å². The van der Waals surface area contributed by atoms with Gasteiger partial charge in [-0.05, 0) is 19.4 Å². The highest BCUT2D eigenvalue weighted by atomic mass is 32.1. The number of aryl methyl sites for hydroxylation is 2. The minimum Gasteiger partial charge on any atom is -0.313 e. The van der Waals surface area contributed by atoms with Crippen LogP contribution in [0.5, 0.6) is 0 Å². The summed E-state index contributed by atoms with van der Waals surface area (Å²) < 4.78 is 0. The molecule has 7 nitrogen and oxygen atoms in total. The van der Waals surface area contributed by atoms with Gasteiger partial charge in [-0.25, -0.2) is 4.98 Å². The van der Waals surface area contributed by atoms with Crippen LogP contribution in [0.1, 0.15) is 20.9 Å². The maximum Gasteiger partial charge on any atom is 0.267 e. The van der Waals surface area contributed by atoms with E-state index >= 15 is 0 Å². The number of carbonyl (C=O) groups is 1. The van der Waals surface area contributed by atoms with Crippen molar-refractivity contribution in [2.75, 3.05) is 5.32 Å². The molecule has 8 heteroatoms. The van der Waals surface area contributed by atoms with Gasteiger partial charge in [-0.1, -0.05) is 0 Å². The molecule has 102 valence electrons. The summed E-state index contributed by atoms with van der Waals surface area (Å²) in [5.41, 5.74) is 1.24. The Kier molecular flexibility index (Phi) is 2.87. The largest absolute Gasteiger partial charge is 0.313 e. The molecule has 0 fully saturated rings. The van der Waals surface area contributed by atoms with E-state index in [-0.39, 0.29) is 11.5 Å². The Morgan fingerprint density at radius 3 is 2.85 bits per heavy atom. The molecule has 3 heterocycles. The lowest BCUT2D eigenvalue weighted by atomic mass is 10.2. The number of anilines is 1. The zero-order valence-corrected chi connectivity index (χ0v) is 11.6. The fourth-order valence-electron chi connectivity index (χ4n) is 1.95. The molecule has 3 aromatic heterocycles. The molecule has 20 heavy (non-hydrogen) atoms. The first-order valence-electron chi connectivity index (χ1n) is 5.86. The highest BCUT2D eigenvalue weighted by Crippen LogP contribution is 2.27. The molecule has 3 aromatic rings. The molecule has 0 spiro atoms. The highest BCUT2D eigenvalue weighted by molar-refractivity contribution is 7.20. The van der Waals surface area contributed by atoms with Crippen molar-refractivity contribution in [1.82, 2.24) is 20.2 Å². The van der Waals surface area contributed by atoms with Crippen LogP contribution in [0.3, 0.4) is 0 Å². The second-order valence-corrected chi connectivity index (χ2v) is 5.36. The number of amides is 1. The molecule has 3 rings (SSSR count). The Balaban J connectivity index is 2.02. The van der Waals surface area contributed by atoms with E-state index in [9.17, 15) is 9.59 Å². The first-order valence-corrected chi connectivity index (χ1v) is 6.68. The van der Waals surface area contributed by atoms with E-state index in [2.05, 4.69) is 25.5 Å². The number of nitrogens with one attached hydrogen (secondary N) is 3. The fourth-order valence-corrected chi connectivity index (χ4v) is 3.00. The number of fused-ring (bicyclic) bond motifs is 1. The second-order valence-electron chi connectivity index (χ2n) is 4.36. The number of hydrogen-bond acceptors (Lipinski definition) is 5. The minimum absolute atomic E-state index is 0.238. The van der Waals surface area contributed by atoms with Crippen molar-refractivity contribution in [1.29, 1.82) is 0 Å². The summed E-state index contributed by atoms with van der Waals surface area (Å²) in [6, 6.07) is 1.73. The molecule has 0 aliphatic rings. The van der Waals surface area contributed by atoms with Gasteiger partial charge in [-0.3, -0.25) is 14.7 Å². The third-order valence-electron chi connectivity index (χ3n) is 2.89. The predicted octanol–water partition coefficient (Wildman–Crippen LogP) is 1.58. The average Bonchev–Trinajstić information content (AvgIpc) is 2.95. The normalized spacial score (nSPS) is 10.9.